The van der Waals surface area contributed by atoms with E-state index in [1.165, 1.54) is 71.6 Å². The van der Waals surface area contributed by atoms with Crippen LogP contribution in [0.1, 0.15) is 18.9 Å². The SMILES string of the molecule is CC1=CC(/N=C(\Nc2ccccc2)c2ccc(-c3ccc4c(-c5ccccc5-c5ccccc5)c5ccccc5c(-c5ccccc5-c5ccccc5)c4c3)cc2)C/C=C\C=C/1. The van der Waals surface area contributed by atoms with Crippen molar-refractivity contribution >= 4 is 33.1 Å². The molecule has 296 valence electrons. The quantitative estimate of drug-likeness (QED) is 0.0925. The highest BCUT2D eigenvalue weighted by molar-refractivity contribution is 6.24. The van der Waals surface area contributed by atoms with E-state index >= 15 is 0 Å². The molecule has 0 amide bonds. The van der Waals surface area contributed by atoms with Crippen molar-refractivity contribution < 1.29 is 0 Å². The number of allylic oxidation sites excluding steroid dienone is 4. The van der Waals surface area contributed by atoms with Crippen LogP contribution in [-0.4, -0.2) is 11.9 Å². The van der Waals surface area contributed by atoms with Crippen molar-refractivity contribution in [3.63, 3.8) is 0 Å². The smallest absolute Gasteiger partial charge is 0.133 e. The Kier molecular flexibility index (Phi) is 10.8. The van der Waals surface area contributed by atoms with Crippen molar-refractivity contribution in [2.75, 3.05) is 5.32 Å². The topological polar surface area (TPSA) is 24.4 Å². The van der Waals surface area contributed by atoms with Gasteiger partial charge in [0.2, 0.25) is 0 Å². The predicted molar refractivity (Wildman–Crippen MR) is 266 cm³/mol. The van der Waals surface area contributed by atoms with Crippen LogP contribution >= 0.6 is 0 Å². The van der Waals surface area contributed by atoms with Gasteiger partial charge in [-0.3, -0.25) is 4.99 Å². The normalized spacial score (nSPS) is 15.1. The minimum atomic E-state index is 0.0100. The Morgan fingerprint density at radius 1 is 0.452 bits per heavy atom. The van der Waals surface area contributed by atoms with Crippen LogP contribution < -0.4 is 5.32 Å². The lowest BCUT2D eigenvalue weighted by Crippen LogP contribution is -2.17. The first kappa shape index (κ1) is 38.4. The minimum absolute atomic E-state index is 0.0100. The molecule has 0 fully saturated rings. The zero-order chi connectivity index (χ0) is 41.7. The summed E-state index contributed by atoms with van der Waals surface area (Å²) >= 11 is 0. The summed E-state index contributed by atoms with van der Waals surface area (Å²) in [5.74, 6) is 0.848. The summed E-state index contributed by atoms with van der Waals surface area (Å²) < 4.78 is 0. The van der Waals surface area contributed by atoms with E-state index < -0.39 is 0 Å². The summed E-state index contributed by atoms with van der Waals surface area (Å²) in [5, 5.41) is 8.55. The van der Waals surface area contributed by atoms with Gasteiger partial charge in [-0.25, -0.2) is 0 Å². The fourth-order valence-corrected chi connectivity index (χ4v) is 8.92. The summed E-state index contributed by atoms with van der Waals surface area (Å²) in [6.45, 7) is 2.14. The molecule has 1 atom stereocenters. The maximum atomic E-state index is 5.32. The van der Waals surface area contributed by atoms with Gasteiger partial charge in [-0.1, -0.05) is 224 Å². The average Bonchev–Trinajstić information content (AvgIpc) is 3.33. The summed E-state index contributed by atoms with van der Waals surface area (Å²) in [4.78, 5) is 5.32. The van der Waals surface area contributed by atoms with Crippen molar-refractivity contribution in [1.82, 2.24) is 0 Å². The molecule has 0 saturated carbocycles. The molecule has 9 aromatic carbocycles. The standard InChI is InChI=1S/C60H46N2/c1-42-20-6-2-13-27-49(40-42)62-60(61-48-25-11-5-12-26-48)46-36-34-43(35-37-46)47-38-39-56-57(41-47)59(53-31-17-15-29-51(53)45-23-9-4-10-24-45)55-33-19-18-32-54(55)58(56)52-30-16-14-28-50(52)44-21-7-3-8-22-44/h2-26,28-41,49H,27H2,1H3,(H,61,62)/b13-2-,20-6-,42-40?. The minimum Gasteiger partial charge on any atom is -0.340 e. The number of nitrogens with one attached hydrogen (secondary N) is 1. The molecule has 62 heavy (non-hydrogen) atoms. The molecular weight excluding hydrogens is 749 g/mol. The first-order valence-electron chi connectivity index (χ1n) is 21.5. The van der Waals surface area contributed by atoms with E-state index in [0.717, 1.165) is 34.6 Å². The van der Waals surface area contributed by atoms with Crippen molar-refractivity contribution in [1.29, 1.82) is 0 Å². The van der Waals surface area contributed by atoms with Crippen molar-refractivity contribution in [3.05, 3.63) is 248 Å². The second kappa shape index (κ2) is 17.4. The van der Waals surface area contributed by atoms with Gasteiger partial charge in [-0.15, -0.1) is 0 Å². The van der Waals surface area contributed by atoms with Gasteiger partial charge in [0.15, 0.2) is 0 Å². The van der Waals surface area contributed by atoms with E-state index in [9.17, 15) is 0 Å². The molecular formula is C60H46N2. The molecule has 0 spiro atoms. The van der Waals surface area contributed by atoms with E-state index in [-0.39, 0.29) is 6.04 Å². The number of anilines is 1. The van der Waals surface area contributed by atoms with Crippen LogP contribution in [0, 0.1) is 0 Å². The van der Waals surface area contributed by atoms with Gasteiger partial charge >= 0.3 is 0 Å². The molecule has 10 rings (SSSR count). The number of nitrogens with zero attached hydrogens (tertiary/aromatic N) is 1. The Morgan fingerprint density at radius 3 is 1.56 bits per heavy atom. The third-order valence-electron chi connectivity index (χ3n) is 11.8. The van der Waals surface area contributed by atoms with Crippen molar-refractivity contribution in [2.45, 2.75) is 19.4 Å². The molecule has 1 unspecified atom stereocenters. The Morgan fingerprint density at radius 2 is 0.952 bits per heavy atom. The zero-order valence-corrected chi connectivity index (χ0v) is 34.7. The van der Waals surface area contributed by atoms with Crippen LogP contribution in [0.5, 0.6) is 0 Å². The molecule has 0 aromatic heterocycles. The molecule has 0 bridgehead atoms. The molecule has 0 heterocycles. The molecule has 2 heteroatoms. The molecule has 2 nitrogen and oxygen atoms in total. The average molecular weight is 795 g/mol. The molecule has 1 N–H and O–H groups in total. The Hall–Kier alpha value is -7.81. The summed E-state index contributed by atoms with van der Waals surface area (Å²) in [5.41, 5.74) is 15.3. The first-order chi connectivity index (χ1) is 30.7. The Labute approximate surface area is 364 Å². The van der Waals surface area contributed by atoms with Crippen LogP contribution in [-0.2, 0) is 0 Å². The lowest BCUT2D eigenvalue weighted by molar-refractivity contribution is 0.829. The predicted octanol–water partition coefficient (Wildman–Crippen LogP) is 16.0. The Bertz CT molecular complexity index is 3160. The van der Waals surface area contributed by atoms with Crippen molar-refractivity contribution in [3.8, 4) is 55.6 Å². The number of rotatable bonds is 8. The molecule has 9 aromatic rings. The van der Waals surface area contributed by atoms with Crippen molar-refractivity contribution in [2.24, 2.45) is 4.99 Å². The Balaban J connectivity index is 1.17. The van der Waals surface area contributed by atoms with Crippen LogP contribution in [0.15, 0.2) is 247 Å². The number of fused-ring (bicyclic) bond motifs is 2. The van der Waals surface area contributed by atoms with Crippen LogP contribution in [0.3, 0.4) is 0 Å². The maximum Gasteiger partial charge on any atom is 0.133 e. The number of para-hydroxylation sites is 1. The van der Waals surface area contributed by atoms with Gasteiger partial charge < -0.3 is 5.32 Å². The van der Waals surface area contributed by atoms with E-state index in [2.05, 4.69) is 243 Å². The maximum absolute atomic E-state index is 5.32. The molecule has 0 radical (unpaired) electrons. The highest BCUT2D eigenvalue weighted by Gasteiger charge is 2.21. The van der Waals surface area contributed by atoms with Gasteiger partial charge in [0.05, 0.1) is 6.04 Å². The van der Waals surface area contributed by atoms with Gasteiger partial charge in [-0.05, 0) is 109 Å². The molecule has 1 aliphatic rings. The van der Waals surface area contributed by atoms with Crippen LogP contribution in [0.25, 0.3) is 77.2 Å². The second-order valence-electron chi connectivity index (χ2n) is 15.9. The van der Waals surface area contributed by atoms with Gasteiger partial charge in [0.1, 0.15) is 5.84 Å². The summed E-state index contributed by atoms with van der Waals surface area (Å²) in [6, 6.07) is 74.6. The monoisotopic (exact) mass is 794 g/mol. The lowest BCUT2D eigenvalue weighted by atomic mass is 9.81. The number of aliphatic imine (C=N–C) groups is 1. The summed E-state index contributed by atoms with van der Waals surface area (Å²) in [6.07, 6.45) is 11.6. The number of hydrogen-bond acceptors (Lipinski definition) is 1. The van der Waals surface area contributed by atoms with Crippen LogP contribution in [0.4, 0.5) is 5.69 Å². The molecule has 0 saturated heterocycles. The first-order valence-corrected chi connectivity index (χ1v) is 21.5. The van der Waals surface area contributed by atoms with E-state index in [0.29, 0.717) is 0 Å². The number of benzene rings is 9. The van der Waals surface area contributed by atoms with Crippen LogP contribution in [0.2, 0.25) is 0 Å². The lowest BCUT2D eigenvalue weighted by Gasteiger charge is -2.22. The second-order valence-corrected chi connectivity index (χ2v) is 15.9. The number of amidine groups is 1. The van der Waals surface area contributed by atoms with E-state index in [4.69, 9.17) is 4.99 Å². The molecule has 1 aliphatic carbocycles. The fraction of sp³-hybridized carbons (Fsp3) is 0.0500. The van der Waals surface area contributed by atoms with E-state index in [1.807, 2.05) is 6.07 Å². The third-order valence-corrected chi connectivity index (χ3v) is 11.8. The summed E-state index contributed by atoms with van der Waals surface area (Å²) in [7, 11) is 0. The largest absolute Gasteiger partial charge is 0.340 e. The van der Waals surface area contributed by atoms with Gasteiger partial charge in [0.25, 0.3) is 0 Å². The third kappa shape index (κ3) is 7.83. The number of hydrogen-bond donors (Lipinski definition) is 1. The van der Waals surface area contributed by atoms with Gasteiger partial charge in [0, 0.05) is 11.3 Å². The fourth-order valence-electron chi connectivity index (χ4n) is 8.92. The zero-order valence-electron chi connectivity index (χ0n) is 34.7. The molecule has 0 aliphatic heterocycles. The van der Waals surface area contributed by atoms with E-state index in [1.54, 1.807) is 0 Å². The highest BCUT2D eigenvalue weighted by Crippen LogP contribution is 2.48. The van der Waals surface area contributed by atoms with Gasteiger partial charge in [-0.2, -0.15) is 0 Å². The highest BCUT2D eigenvalue weighted by atomic mass is 15.0.